The minimum atomic E-state index is -4.59. The van der Waals surface area contributed by atoms with Gasteiger partial charge < -0.3 is 15.5 Å². The van der Waals surface area contributed by atoms with Gasteiger partial charge in [-0.2, -0.15) is 13.2 Å². The SMILES string of the molecule is CCC(CC)(CO)CNCC(O)C(F)(F)F. The van der Waals surface area contributed by atoms with E-state index in [2.05, 4.69) is 5.32 Å². The summed E-state index contributed by atoms with van der Waals surface area (Å²) in [6.07, 6.45) is -5.59. The summed E-state index contributed by atoms with van der Waals surface area (Å²) >= 11 is 0. The lowest BCUT2D eigenvalue weighted by atomic mass is 9.83. The minimum Gasteiger partial charge on any atom is -0.396 e. The summed E-state index contributed by atoms with van der Waals surface area (Å²) in [7, 11) is 0. The van der Waals surface area contributed by atoms with Crippen molar-refractivity contribution in [3.8, 4) is 0 Å². The minimum absolute atomic E-state index is 0.0743. The molecular weight excluding hydrogens is 223 g/mol. The van der Waals surface area contributed by atoms with Crippen LogP contribution in [-0.4, -0.2) is 42.2 Å². The first-order chi connectivity index (χ1) is 7.31. The highest BCUT2D eigenvalue weighted by atomic mass is 19.4. The molecule has 0 spiro atoms. The predicted molar refractivity (Wildman–Crippen MR) is 55.0 cm³/mol. The van der Waals surface area contributed by atoms with Gasteiger partial charge in [0.05, 0.1) is 0 Å². The molecule has 0 rings (SSSR count). The van der Waals surface area contributed by atoms with Crippen LogP contribution < -0.4 is 5.32 Å². The Morgan fingerprint density at radius 2 is 1.69 bits per heavy atom. The van der Waals surface area contributed by atoms with Gasteiger partial charge in [0.15, 0.2) is 6.10 Å². The van der Waals surface area contributed by atoms with Gasteiger partial charge in [-0.1, -0.05) is 13.8 Å². The van der Waals surface area contributed by atoms with Crippen LogP contribution in [-0.2, 0) is 0 Å². The maximum atomic E-state index is 12.0. The van der Waals surface area contributed by atoms with Crippen molar-refractivity contribution in [3.63, 3.8) is 0 Å². The third-order valence-corrected chi connectivity index (χ3v) is 3.05. The summed E-state index contributed by atoms with van der Waals surface area (Å²) in [5.41, 5.74) is -0.398. The van der Waals surface area contributed by atoms with Crippen molar-refractivity contribution in [1.29, 1.82) is 0 Å². The molecule has 0 aliphatic heterocycles. The number of aliphatic hydroxyl groups is 2. The van der Waals surface area contributed by atoms with Crippen molar-refractivity contribution in [2.45, 2.75) is 39.0 Å². The van der Waals surface area contributed by atoms with Crippen LogP contribution >= 0.6 is 0 Å². The number of hydrogen-bond acceptors (Lipinski definition) is 3. The zero-order valence-electron chi connectivity index (χ0n) is 9.64. The largest absolute Gasteiger partial charge is 0.415 e. The molecule has 3 nitrogen and oxygen atoms in total. The lowest BCUT2D eigenvalue weighted by Gasteiger charge is -2.30. The van der Waals surface area contributed by atoms with E-state index in [1.807, 2.05) is 13.8 Å². The van der Waals surface area contributed by atoms with Crippen LogP contribution in [0.2, 0.25) is 0 Å². The second kappa shape index (κ2) is 6.42. The number of alkyl halides is 3. The van der Waals surface area contributed by atoms with Crippen molar-refractivity contribution < 1.29 is 23.4 Å². The third kappa shape index (κ3) is 4.67. The van der Waals surface area contributed by atoms with E-state index >= 15 is 0 Å². The summed E-state index contributed by atoms with van der Waals surface area (Å²) in [6.45, 7) is 3.41. The van der Waals surface area contributed by atoms with E-state index in [-0.39, 0.29) is 13.2 Å². The second-order valence-corrected chi connectivity index (χ2v) is 4.05. The first-order valence-electron chi connectivity index (χ1n) is 5.37. The highest BCUT2D eigenvalue weighted by Gasteiger charge is 2.38. The first-order valence-corrected chi connectivity index (χ1v) is 5.37. The van der Waals surface area contributed by atoms with Crippen LogP contribution in [0.3, 0.4) is 0 Å². The van der Waals surface area contributed by atoms with E-state index in [4.69, 9.17) is 5.11 Å². The van der Waals surface area contributed by atoms with Crippen LogP contribution in [0, 0.1) is 5.41 Å². The Balaban J connectivity index is 4.05. The average molecular weight is 243 g/mol. The lowest BCUT2D eigenvalue weighted by molar-refractivity contribution is -0.202. The van der Waals surface area contributed by atoms with E-state index in [0.29, 0.717) is 12.8 Å². The summed E-state index contributed by atoms with van der Waals surface area (Å²) in [6, 6.07) is 0. The van der Waals surface area contributed by atoms with Gasteiger partial charge in [-0.3, -0.25) is 0 Å². The molecule has 0 amide bonds. The Morgan fingerprint density at radius 3 is 2.00 bits per heavy atom. The van der Waals surface area contributed by atoms with E-state index in [1.165, 1.54) is 0 Å². The topological polar surface area (TPSA) is 52.5 Å². The van der Waals surface area contributed by atoms with Crippen LogP contribution in [0.15, 0.2) is 0 Å². The van der Waals surface area contributed by atoms with Crippen molar-refractivity contribution in [3.05, 3.63) is 0 Å². The third-order valence-electron chi connectivity index (χ3n) is 3.05. The van der Waals surface area contributed by atoms with Gasteiger partial charge in [-0.05, 0) is 12.8 Å². The molecule has 0 aromatic carbocycles. The zero-order chi connectivity index (χ0) is 12.8. The summed E-state index contributed by atoms with van der Waals surface area (Å²) in [5, 5.41) is 20.5. The summed E-state index contributed by atoms with van der Waals surface area (Å²) in [5.74, 6) is 0. The van der Waals surface area contributed by atoms with Crippen molar-refractivity contribution in [2.75, 3.05) is 19.7 Å². The van der Waals surface area contributed by atoms with Gasteiger partial charge in [-0.25, -0.2) is 0 Å². The number of hydrogen-bond donors (Lipinski definition) is 3. The molecule has 0 fully saturated rings. The van der Waals surface area contributed by atoms with E-state index < -0.39 is 24.2 Å². The number of nitrogens with one attached hydrogen (secondary N) is 1. The molecule has 0 aliphatic rings. The molecule has 0 saturated heterocycles. The highest BCUT2D eigenvalue weighted by molar-refractivity contribution is 4.79. The maximum absolute atomic E-state index is 12.0. The Bertz CT molecular complexity index is 185. The molecule has 98 valence electrons. The van der Waals surface area contributed by atoms with E-state index in [0.717, 1.165) is 0 Å². The van der Waals surface area contributed by atoms with Gasteiger partial charge in [0.25, 0.3) is 0 Å². The maximum Gasteiger partial charge on any atom is 0.415 e. The Labute approximate surface area is 93.7 Å². The van der Waals surface area contributed by atoms with E-state index in [9.17, 15) is 18.3 Å². The smallest absolute Gasteiger partial charge is 0.396 e. The van der Waals surface area contributed by atoms with Gasteiger partial charge >= 0.3 is 6.18 Å². The lowest BCUT2D eigenvalue weighted by Crippen LogP contribution is -2.43. The van der Waals surface area contributed by atoms with Gasteiger partial charge in [0, 0.05) is 25.1 Å². The average Bonchev–Trinajstić information content (AvgIpc) is 2.23. The fourth-order valence-electron chi connectivity index (χ4n) is 1.37. The molecule has 3 N–H and O–H groups in total. The van der Waals surface area contributed by atoms with Crippen molar-refractivity contribution in [2.24, 2.45) is 5.41 Å². The van der Waals surface area contributed by atoms with Crippen molar-refractivity contribution in [1.82, 2.24) is 5.32 Å². The Morgan fingerprint density at radius 1 is 1.19 bits per heavy atom. The molecule has 0 radical (unpaired) electrons. The standard InChI is InChI=1S/C10H20F3NO2/c1-3-9(4-2,7-15)6-14-5-8(16)10(11,12)13/h8,14-16H,3-7H2,1-2H3. The van der Waals surface area contributed by atoms with Crippen LogP contribution in [0.4, 0.5) is 13.2 Å². The Kier molecular flexibility index (Phi) is 6.28. The Hall–Kier alpha value is -0.330. The number of aliphatic hydroxyl groups excluding tert-OH is 2. The molecule has 0 aromatic rings. The van der Waals surface area contributed by atoms with Gasteiger partial charge in [0.1, 0.15) is 0 Å². The molecule has 0 saturated carbocycles. The van der Waals surface area contributed by atoms with Crippen LogP contribution in [0.25, 0.3) is 0 Å². The van der Waals surface area contributed by atoms with Gasteiger partial charge in [0.2, 0.25) is 0 Å². The zero-order valence-corrected chi connectivity index (χ0v) is 9.64. The summed E-state index contributed by atoms with van der Waals surface area (Å²) < 4.78 is 35.9. The highest BCUT2D eigenvalue weighted by Crippen LogP contribution is 2.25. The molecule has 1 atom stereocenters. The van der Waals surface area contributed by atoms with Crippen molar-refractivity contribution >= 4 is 0 Å². The molecule has 0 aliphatic carbocycles. The van der Waals surface area contributed by atoms with Gasteiger partial charge in [-0.15, -0.1) is 0 Å². The number of rotatable bonds is 7. The molecule has 1 unspecified atom stereocenters. The van der Waals surface area contributed by atoms with Crippen LogP contribution in [0.1, 0.15) is 26.7 Å². The molecule has 0 aromatic heterocycles. The molecule has 0 bridgehead atoms. The fraction of sp³-hybridized carbons (Fsp3) is 1.00. The molecule has 16 heavy (non-hydrogen) atoms. The second-order valence-electron chi connectivity index (χ2n) is 4.05. The normalized spacial score (nSPS) is 15.2. The first kappa shape index (κ1) is 15.7. The summed E-state index contributed by atoms with van der Waals surface area (Å²) in [4.78, 5) is 0. The number of halogens is 3. The monoisotopic (exact) mass is 243 g/mol. The fourth-order valence-corrected chi connectivity index (χ4v) is 1.37. The molecular formula is C10H20F3NO2. The molecule has 6 heteroatoms. The van der Waals surface area contributed by atoms with E-state index in [1.54, 1.807) is 0 Å². The quantitative estimate of drug-likeness (QED) is 0.631. The molecule has 0 heterocycles. The predicted octanol–water partition coefficient (Wildman–Crippen LogP) is 1.30. The van der Waals surface area contributed by atoms with Crippen LogP contribution in [0.5, 0.6) is 0 Å².